The van der Waals surface area contributed by atoms with Crippen LogP contribution in [0.2, 0.25) is 0 Å². The molecule has 0 bridgehead atoms. The molecule has 212 valence electrons. The van der Waals surface area contributed by atoms with E-state index in [-0.39, 0.29) is 34.1 Å². The van der Waals surface area contributed by atoms with Crippen LogP contribution in [0.3, 0.4) is 0 Å². The summed E-state index contributed by atoms with van der Waals surface area (Å²) in [5.74, 6) is -2.23. The van der Waals surface area contributed by atoms with Crippen LogP contribution in [0, 0.1) is 5.92 Å². The van der Waals surface area contributed by atoms with Crippen molar-refractivity contribution in [2.24, 2.45) is 5.92 Å². The van der Waals surface area contributed by atoms with E-state index < -0.39 is 32.1 Å². The van der Waals surface area contributed by atoms with Crippen molar-refractivity contribution in [3.8, 4) is 0 Å². The van der Waals surface area contributed by atoms with Gasteiger partial charge in [0.2, 0.25) is 0 Å². The van der Waals surface area contributed by atoms with Crippen molar-refractivity contribution in [3.05, 3.63) is 35.4 Å². The molecule has 1 aromatic carbocycles. The quantitative estimate of drug-likeness (QED) is 0.281. The normalized spacial score (nSPS) is 14.4. The summed E-state index contributed by atoms with van der Waals surface area (Å²) in [6.07, 6.45) is 0.737. The summed E-state index contributed by atoms with van der Waals surface area (Å²) in [6.45, 7) is 19.5. The second-order valence-electron chi connectivity index (χ2n) is 12.7. The Balaban J connectivity index is 3.17. The van der Waals surface area contributed by atoms with Gasteiger partial charge in [-0.2, -0.15) is 11.8 Å². The van der Waals surface area contributed by atoms with E-state index >= 15 is 0 Å². The van der Waals surface area contributed by atoms with Crippen molar-refractivity contribution in [2.45, 2.75) is 96.4 Å². The first-order valence-corrected chi connectivity index (χ1v) is 15.2. The first-order valence-electron chi connectivity index (χ1n) is 12.6. The third-order valence-corrected chi connectivity index (χ3v) is 10.0. The summed E-state index contributed by atoms with van der Waals surface area (Å²) >= 11 is 1.55. The van der Waals surface area contributed by atoms with Crippen LogP contribution in [0.1, 0.15) is 96.4 Å². The molecule has 0 amide bonds. The van der Waals surface area contributed by atoms with E-state index in [1.54, 1.807) is 25.6 Å². The summed E-state index contributed by atoms with van der Waals surface area (Å²) in [5, 5.41) is 9.18. The van der Waals surface area contributed by atoms with Gasteiger partial charge < -0.3 is 14.6 Å². The smallest absolute Gasteiger partial charge is 0.335 e. The van der Waals surface area contributed by atoms with Gasteiger partial charge in [0.05, 0.1) is 33.9 Å². The Kier molecular flexibility index (Phi) is 11.5. The molecule has 9 heteroatoms. The molecule has 0 aromatic heterocycles. The molecule has 0 aliphatic carbocycles. The number of Topliss-reactive ketones (excluding diaryl/α,β-unsaturated/α-hetero) is 1. The summed E-state index contributed by atoms with van der Waals surface area (Å²) in [7, 11) is -3.74. The molecule has 1 unspecified atom stereocenters. The van der Waals surface area contributed by atoms with Crippen LogP contribution < -0.4 is 0 Å². The van der Waals surface area contributed by atoms with Crippen molar-refractivity contribution in [1.29, 1.82) is 0 Å². The van der Waals surface area contributed by atoms with E-state index in [2.05, 4.69) is 13.8 Å². The molecule has 0 saturated heterocycles. The summed E-state index contributed by atoms with van der Waals surface area (Å²) in [6, 6.07) is 5.63. The van der Waals surface area contributed by atoms with Gasteiger partial charge >= 0.3 is 5.97 Å². The molecule has 7 nitrogen and oxygen atoms in total. The highest BCUT2D eigenvalue weighted by Gasteiger charge is 2.40. The first-order chi connectivity index (χ1) is 16.6. The fourth-order valence-electron chi connectivity index (χ4n) is 3.18. The number of carboxylic acid groups (broad SMARTS) is 1. The number of aromatic carboxylic acids is 1. The molecule has 0 radical (unpaired) electrons. The van der Waals surface area contributed by atoms with Crippen LogP contribution in [0.5, 0.6) is 0 Å². The number of carboxylic acids is 1. The average Bonchev–Trinajstić information content (AvgIpc) is 2.73. The number of thioether (sulfide) groups is 1. The van der Waals surface area contributed by atoms with Crippen LogP contribution in [-0.2, 0) is 19.3 Å². The van der Waals surface area contributed by atoms with Crippen molar-refractivity contribution >= 4 is 33.4 Å². The lowest BCUT2D eigenvalue weighted by Gasteiger charge is -2.32. The molecule has 0 aliphatic heterocycles. The predicted octanol–water partition coefficient (Wildman–Crippen LogP) is 5.91. The minimum Gasteiger partial charge on any atom is -0.478 e. The van der Waals surface area contributed by atoms with Gasteiger partial charge in [-0.15, -0.1) is 0 Å². The van der Waals surface area contributed by atoms with Crippen molar-refractivity contribution < 1.29 is 32.6 Å². The van der Waals surface area contributed by atoms with Gasteiger partial charge in [0.25, 0.3) is 0 Å². The Morgan fingerprint density at radius 1 is 0.865 bits per heavy atom. The van der Waals surface area contributed by atoms with Gasteiger partial charge in [0, 0.05) is 28.6 Å². The zero-order valence-corrected chi connectivity index (χ0v) is 25.8. The molecule has 37 heavy (non-hydrogen) atoms. The maximum atomic E-state index is 13.5. The lowest BCUT2D eigenvalue weighted by atomic mass is 10.00. The van der Waals surface area contributed by atoms with E-state index in [0.29, 0.717) is 17.9 Å². The van der Waals surface area contributed by atoms with Gasteiger partial charge in [-0.25, -0.2) is 13.2 Å². The van der Waals surface area contributed by atoms with Crippen molar-refractivity contribution in [2.75, 3.05) is 24.7 Å². The largest absolute Gasteiger partial charge is 0.478 e. The number of hydrogen-bond donors (Lipinski definition) is 1. The topological polar surface area (TPSA) is 107 Å². The highest BCUT2D eigenvalue weighted by atomic mass is 32.2. The zero-order chi connectivity index (χ0) is 28.9. The molecule has 1 atom stereocenters. The Labute approximate surface area is 228 Å². The molecule has 0 aliphatic rings. The van der Waals surface area contributed by atoms with Crippen LogP contribution in [0.25, 0.3) is 0 Å². The monoisotopic (exact) mass is 558 g/mol. The Bertz CT molecular complexity index is 1010. The number of carbonyl (C=O) groups excluding carboxylic acids is 1. The molecule has 0 fully saturated rings. The van der Waals surface area contributed by atoms with E-state index in [9.17, 15) is 23.1 Å². The number of hydrogen-bond acceptors (Lipinski definition) is 7. The third kappa shape index (κ3) is 11.9. The van der Waals surface area contributed by atoms with Crippen LogP contribution in [0.15, 0.2) is 24.3 Å². The number of sulfone groups is 1. The van der Waals surface area contributed by atoms with Gasteiger partial charge in [0.1, 0.15) is 0 Å². The summed E-state index contributed by atoms with van der Waals surface area (Å²) in [4.78, 5) is 24.7. The van der Waals surface area contributed by atoms with Crippen LogP contribution in [-0.4, -0.2) is 70.7 Å². The van der Waals surface area contributed by atoms with Crippen LogP contribution >= 0.6 is 11.8 Å². The second-order valence-corrected chi connectivity index (χ2v) is 17.1. The number of ketones is 1. The highest BCUT2D eigenvalue weighted by Crippen LogP contribution is 2.33. The Morgan fingerprint density at radius 2 is 1.35 bits per heavy atom. The van der Waals surface area contributed by atoms with E-state index in [0.717, 1.165) is 6.42 Å². The van der Waals surface area contributed by atoms with E-state index in [1.165, 1.54) is 24.3 Å². The van der Waals surface area contributed by atoms with Crippen molar-refractivity contribution in [3.63, 3.8) is 0 Å². The fraction of sp³-hybridized carbons (Fsp3) is 0.714. The maximum absolute atomic E-state index is 13.5. The molecule has 1 N–H and O–H groups in total. The third-order valence-electron chi connectivity index (χ3n) is 5.82. The number of ether oxygens (including phenoxy) is 2. The van der Waals surface area contributed by atoms with E-state index in [1.807, 2.05) is 41.5 Å². The molecule has 0 saturated carbocycles. The van der Waals surface area contributed by atoms with Crippen LogP contribution in [0.4, 0.5) is 0 Å². The number of carbonyl (C=O) groups is 2. The minimum atomic E-state index is -3.74. The Morgan fingerprint density at radius 3 is 1.81 bits per heavy atom. The second kappa shape index (κ2) is 12.6. The summed E-state index contributed by atoms with van der Waals surface area (Å²) in [5.41, 5.74) is -0.391. The number of rotatable bonds is 14. The molecule has 1 rings (SSSR count). The van der Waals surface area contributed by atoms with Gasteiger partial charge in [-0.3, -0.25) is 4.79 Å². The maximum Gasteiger partial charge on any atom is 0.335 e. The average molecular weight is 559 g/mol. The number of benzene rings is 1. The van der Waals surface area contributed by atoms with Gasteiger partial charge in [0.15, 0.2) is 15.6 Å². The molecule has 0 heterocycles. The first kappa shape index (κ1) is 33.6. The fourth-order valence-corrected chi connectivity index (χ4v) is 5.97. The van der Waals surface area contributed by atoms with Crippen molar-refractivity contribution in [1.82, 2.24) is 0 Å². The van der Waals surface area contributed by atoms with E-state index in [4.69, 9.17) is 9.47 Å². The SMILES string of the molecule is CC(C)(C)OCCC(C)(C)SCC(CS(=O)(=O)C(C)(C)COC(C)(C)C)C(=O)c1ccc(C(=O)O)cc1. The minimum absolute atomic E-state index is 0.00975. The molecular formula is C28H46O7S2. The van der Waals surface area contributed by atoms with Gasteiger partial charge in [-0.1, -0.05) is 26.0 Å². The van der Waals surface area contributed by atoms with Gasteiger partial charge in [-0.05, 0) is 73.9 Å². The lowest BCUT2D eigenvalue weighted by molar-refractivity contribution is -0.0122. The highest BCUT2D eigenvalue weighted by molar-refractivity contribution is 8.00. The standard InChI is InChI=1S/C28H46O7S2/c1-25(2,3)34-16-15-27(7,8)36-17-22(23(29)20-11-13-21(14-12-20)24(30)31)18-37(32,33)28(9,10)19-35-26(4,5)6/h11-14,22H,15-19H2,1-10H3,(H,30,31). The molecule has 1 aromatic rings. The lowest BCUT2D eigenvalue weighted by Crippen LogP contribution is -2.44. The molecule has 0 spiro atoms. The molecular weight excluding hydrogens is 512 g/mol. The summed E-state index contributed by atoms with van der Waals surface area (Å²) < 4.78 is 37.3. The predicted molar refractivity (Wildman–Crippen MR) is 152 cm³/mol. The zero-order valence-electron chi connectivity index (χ0n) is 24.1. The Hall–Kier alpha value is -1.42.